The predicted octanol–water partition coefficient (Wildman–Crippen LogP) is 2.38. The Morgan fingerprint density at radius 2 is 2.28 bits per heavy atom. The molecule has 18 heavy (non-hydrogen) atoms. The van der Waals surface area contributed by atoms with E-state index in [1.165, 1.54) is 11.3 Å². The van der Waals surface area contributed by atoms with Crippen molar-refractivity contribution in [1.29, 1.82) is 0 Å². The molecule has 1 aromatic rings. The van der Waals surface area contributed by atoms with E-state index >= 15 is 0 Å². The molecule has 2 unspecified atom stereocenters. The second-order valence-corrected chi connectivity index (χ2v) is 5.93. The van der Waals surface area contributed by atoms with Crippen molar-refractivity contribution >= 4 is 21.6 Å². The van der Waals surface area contributed by atoms with Crippen LogP contribution in [0.25, 0.3) is 0 Å². The molecule has 1 saturated heterocycles. The van der Waals surface area contributed by atoms with Crippen LogP contribution in [-0.4, -0.2) is 31.3 Å². The number of hydrogen-bond donors (Lipinski definition) is 2. The molecule has 1 aliphatic rings. The molecule has 1 heterocycles. The van der Waals surface area contributed by atoms with Crippen molar-refractivity contribution in [3.63, 3.8) is 0 Å². The van der Waals surface area contributed by atoms with Gasteiger partial charge in [0, 0.05) is 23.2 Å². The summed E-state index contributed by atoms with van der Waals surface area (Å²) >= 11 is 3.54. The predicted molar refractivity (Wildman–Crippen MR) is 78.9 cm³/mol. The highest BCUT2D eigenvalue weighted by Gasteiger charge is 2.31. The van der Waals surface area contributed by atoms with Gasteiger partial charge in [-0.05, 0) is 37.1 Å². The highest BCUT2D eigenvalue weighted by Crippen LogP contribution is 2.33. The summed E-state index contributed by atoms with van der Waals surface area (Å²) in [6.07, 6.45) is 1.15. The Labute approximate surface area is 117 Å². The maximum absolute atomic E-state index is 9.59. The lowest BCUT2D eigenvalue weighted by Crippen LogP contribution is -2.36. The lowest BCUT2D eigenvalue weighted by atomic mass is 10.0. The molecule has 0 amide bonds. The standard InChI is InChI=1S/C14H21BrN2O/c1-10-5-6-17(14(10)9-18)13-7-12(15)4-3-11(13)8-16-2/h3-4,7,10,14,16,18H,5-6,8-9H2,1-2H3. The lowest BCUT2D eigenvalue weighted by Gasteiger charge is -2.29. The van der Waals surface area contributed by atoms with Gasteiger partial charge >= 0.3 is 0 Å². The minimum atomic E-state index is 0.229. The van der Waals surface area contributed by atoms with E-state index in [-0.39, 0.29) is 12.6 Å². The second-order valence-electron chi connectivity index (χ2n) is 5.01. The monoisotopic (exact) mass is 312 g/mol. The first-order valence-corrected chi connectivity index (χ1v) is 7.27. The molecule has 3 nitrogen and oxygen atoms in total. The van der Waals surface area contributed by atoms with E-state index in [2.05, 4.69) is 51.3 Å². The average molecular weight is 313 g/mol. The van der Waals surface area contributed by atoms with E-state index in [4.69, 9.17) is 0 Å². The number of aliphatic hydroxyl groups excluding tert-OH is 1. The number of aliphatic hydroxyl groups is 1. The van der Waals surface area contributed by atoms with Crippen molar-refractivity contribution in [2.75, 3.05) is 25.1 Å². The molecule has 1 fully saturated rings. The highest BCUT2D eigenvalue weighted by atomic mass is 79.9. The van der Waals surface area contributed by atoms with Crippen LogP contribution in [0.3, 0.4) is 0 Å². The van der Waals surface area contributed by atoms with Crippen LogP contribution in [-0.2, 0) is 6.54 Å². The largest absolute Gasteiger partial charge is 0.394 e. The third-order valence-electron chi connectivity index (χ3n) is 3.79. The molecular weight excluding hydrogens is 292 g/mol. The molecule has 1 aromatic carbocycles. The van der Waals surface area contributed by atoms with Crippen molar-refractivity contribution in [2.24, 2.45) is 5.92 Å². The SMILES string of the molecule is CNCc1ccc(Br)cc1N1CCC(C)C1CO. The van der Waals surface area contributed by atoms with Crippen LogP contribution >= 0.6 is 15.9 Å². The highest BCUT2D eigenvalue weighted by molar-refractivity contribution is 9.10. The van der Waals surface area contributed by atoms with Gasteiger partial charge in [-0.15, -0.1) is 0 Å². The first-order chi connectivity index (χ1) is 8.67. The zero-order chi connectivity index (χ0) is 13.1. The molecule has 4 heteroatoms. The first-order valence-electron chi connectivity index (χ1n) is 6.48. The summed E-state index contributed by atoms with van der Waals surface area (Å²) in [7, 11) is 1.96. The van der Waals surface area contributed by atoms with Gasteiger partial charge in [0.2, 0.25) is 0 Å². The van der Waals surface area contributed by atoms with Gasteiger partial charge in [-0.25, -0.2) is 0 Å². The summed E-state index contributed by atoms with van der Waals surface area (Å²) in [5.41, 5.74) is 2.52. The normalized spacial score (nSPS) is 23.7. The van der Waals surface area contributed by atoms with Crippen molar-refractivity contribution in [3.05, 3.63) is 28.2 Å². The lowest BCUT2D eigenvalue weighted by molar-refractivity contribution is 0.244. The van der Waals surface area contributed by atoms with E-state index in [1.54, 1.807) is 0 Å². The fourth-order valence-corrected chi connectivity index (χ4v) is 3.08. The van der Waals surface area contributed by atoms with Gasteiger partial charge in [0.05, 0.1) is 12.6 Å². The molecule has 2 rings (SSSR count). The smallest absolute Gasteiger partial charge is 0.0637 e. The van der Waals surface area contributed by atoms with Gasteiger partial charge in [0.25, 0.3) is 0 Å². The van der Waals surface area contributed by atoms with E-state index in [9.17, 15) is 5.11 Å². The Morgan fingerprint density at radius 3 is 2.94 bits per heavy atom. The van der Waals surface area contributed by atoms with E-state index < -0.39 is 0 Å². The summed E-state index contributed by atoms with van der Waals surface area (Å²) in [5.74, 6) is 0.552. The number of hydrogen-bond acceptors (Lipinski definition) is 3. The van der Waals surface area contributed by atoms with Gasteiger partial charge in [-0.1, -0.05) is 28.9 Å². The summed E-state index contributed by atoms with van der Waals surface area (Å²) in [5, 5.41) is 12.8. The second kappa shape index (κ2) is 6.04. The van der Waals surface area contributed by atoms with E-state index in [0.29, 0.717) is 5.92 Å². The first kappa shape index (κ1) is 13.8. The van der Waals surface area contributed by atoms with Crippen LogP contribution in [0.1, 0.15) is 18.9 Å². The quantitative estimate of drug-likeness (QED) is 0.896. The Balaban J connectivity index is 2.33. The molecule has 100 valence electrons. The van der Waals surface area contributed by atoms with Crippen LogP contribution in [0.5, 0.6) is 0 Å². The fraction of sp³-hybridized carbons (Fsp3) is 0.571. The van der Waals surface area contributed by atoms with Crippen LogP contribution in [0.15, 0.2) is 22.7 Å². The van der Waals surface area contributed by atoms with Crippen molar-refractivity contribution in [2.45, 2.75) is 25.9 Å². The molecule has 1 aliphatic heterocycles. The number of halogens is 1. The Bertz CT molecular complexity index is 411. The van der Waals surface area contributed by atoms with Gasteiger partial charge in [-0.3, -0.25) is 0 Å². The van der Waals surface area contributed by atoms with E-state index in [0.717, 1.165) is 24.0 Å². The molecule has 0 spiro atoms. The molecule has 0 radical (unpaired) electrons. The molecule has 0 aromatic heterocycles. The fourth-order valence-electron chi connectivity index (χ4n) is 2.73. The Kier molecular flexibility index (Phi) is 4.65. The number of rotatable bonds is 4. The minimum Gasteiger partial charge on any atom is -0.394 e. The van der Waals surface area contributed by atoms with Crippen LogP contribution in [0.2, 0.25) is 0 Å². The number of anilines is 1. The zero-order valence-corrected chi connectivity index (χ0v) is 12.6. The van der Waals surface area contributed by atoms with Gasteiger partial charge in [0.15, 0.2) is 0 Å². The third-order valence-corrected chi connectivity index (χ3v) is 4.29. The van der Waals surface area contributed by atoms with Crippen molar-refractivity contribution < 1.29 is 5.11 Å². The van der Waals surface area contributed by atoms with Crippen LogP contribution < -0.4 is 10.2 Å². The third kappa shape index (κ3) is 2.71. The maximum Gasteiger partial charge on any atom is 0.0637 e. The Morgan fingerprint density at radius 1 is 1.50 bits per heavy atom. The van der Waals surface area contributed by atoms with Crippen LogP contribution in [0, 0.1) is 5.92 Å². The minimum absolute atomic E-state index is 0.229. The van der Waals surface area contributed by atoms with Gasteiger partial charge < -0.3 is 15.3 Å². The topological polar surface area (TPSA) is 35.5 Å². The van der Waals surface area contributed by atoms with Gasteiger partial charge in [-0.2, -0.15) is 0 Å². The van der Waals surface area contributed by atoms with Crippen molar-refractivity contribution in [3.8, 4) is 0 Å². The van der Waals surface area contributed by atoms with Gasteiger partial charge in [0.1, 0.15) is 0 Å². The molecule has 0 bridgehead atoms. The van der Waals surface area contributed by atoms with E-state index in [1.807, 2.05) is 7.05 Å². The number of nitrogens with zero attached hydrogens (tertiary/aromatic N) is 1. The number of nitrogens with one attached hydrogen (secondary N) is 1. The Hall–Kier alpha value is -0.580. The molecule has 2 N–H and O–H groups in total. The molecule has 0 aliphatic carbocycles. The summed E-state index contributed by atoms with van der Waals surface area (Å²) < 4.78 is 1.09. The van der Waals surface area contributed by atoms with Crippen molar-refractivity contribution in [1.82, 2.24) is 5.32 Å². The van der Waals surface area contributed by atoms with Crippen LogP contribution in [0.4, 0.5) is 5.69 Å². The summed E-state index contributed by atoms with van der Waals surface area (Å²) in [4.78, 5) is 2.35. The maximum atomic E-state index is 9.59. The molecule has 0 saturated carbocycles. The summed E-state index contributed by atoms with van der Waals surface area (Å²) in [6, 6.07) is 6.62. The zero-order valence-electron chi connectivity index (χ0n) is 11.0. The summed E-state index contributed by atoms with van der Waals surface area (Å²) in [6.45, 7) is 4.33. The average Bonchev–Trinajstić information content (AvgIpc) is 2.73. The molecular formula is C14H21BrN2O. The number of benzene rings is 1. The molecule has 2 atom stereocenters.